The van der Waals surface area contributed by atoms with Crippen molar-refractivity contribution in [1.29, 1.82) is 0 Å². The van der Waals surface area contributed by atoms with Gasteiger partial charge in [0.2, 0.25) is 5.28 Å². The van der Waals surface area contributed by atoms with Gasteiger partial charge in [0.25, 0.3) is 0 Å². The molecule has 8 heterocycles. The van der Waals surface area contributed by atoms with E-state index < -0.39 is 0 Å². The molecule has 0 saturated heterocycles. The third-order valence-corrected chi connectivity index (χ3v) is 27.1. The molecule has 2 aliphatic heterocycles. The van der Waals surface area contributed by atoms with Gasteiger partial charge in [-0.1, -0.05) is 324 Å². The van der Waals surface area contributed by atoms with E-state index in [0.717, 1.165) is 114 Å². The van der Waals surface area contributed by atoms with Crippen LogP contribution < -0.4 is 14.9 Å². The summed E-state index contributed by atoms with van der Waals surface area (Å²) in [6.45, 7) is 9.35. The Morgan fingerprint density at radius 1 is 0.318 bits per heavy atom. The van der Waals surface area contributed by atoms with E-state index >= 15 is 0 Å². The van der Waals surface area contributed by atoms with E-state index in [1.54, 1.807) is 0 Å². The fourth-order valence-electron chi connectivity index (χ4n) is 19.4. The molecule has 0 saturated carbocycles. The van der Waals surface area contributed by atoms with Gasteiger partial charge in [0.1, 0.15) is 26.2 Å². The van der Waals surface area contributed by atoms with Crippen molar-refractivity contribution in [2.45, 2.75) is 38.5 Å². The van der Waals surface area contributed by atoms with E-state index in [4.69, 9.17) is 42.8 Å². The zero-order valence-corrected chi connectivity index (χ0v) is 76.0. The van der Waals surface area contributed by atoms with Crippen LogP contribution in [0.2, 0.25) is 10.4 Å². The number of halogens is 3. The van der Waals surface area contributed by atoms with Crippen molar-refractivity contribution in [3.63, 3.8) is 0 Å². The molecule has 26 rings (SSSR count). The molecule has 0 bridgehead atoms. The number of anilines is 5. The van der Waals surface area contributed by atoms with Crippen molar-refractivity contribution in [1.82, 2.24) is 34.5 Å². The summed E-state index contributed by atoms with van der Waals surface area (Å²) < 4.78 is 8.11. The van der Waals surface area contributed by atoms with Crippen molar-refractivity contribution < 1.29 is 9.68 Å². The number of aromatic nitrogens is 7. The van der Waals surface area contributed by atoms with Crippen molar-refractivity contribution in [2.24, 2.45) is 0 Å². The maximum Gasteiger partial charge on any atom is 0.569 e. The fraction of sp³-hybridized carbons (Fsp3) is 0.0513. The van der Waals surface area contributed by atoms with Crippen molar-refractivity contribution in [2.75, 3.05) is 10.2 Å². The lowest BCUT2D eigenvalue weighted by atomic mass is 9.73. The highest BCUT2D eigenvalue weighted by molar-refractivity contribution is 14.1. The SMILES string of the molecule is CC1(C)c2ccccc2N(c2cc(-c3ccc4ccccc4c3)c3ccccc3n2)c2cc3c(cc21)c1ccccc1n3-c1cc(-c2ccc3ccccc3c2)c2ccccc2n1.CC1(C)c2ccccc2Nc2cc3[nH]c4ccccc4c3cc21.Clc1cc(-c2ccc3ccccc3c2)c2ccccc2n1.Clc1nc(I)c2ccccc2n1.O[B]Oc1ccc2ccccc2c1. The minimum atomic E-state index is -0.303. The van der Waals surface area contributed by atoms with Crippen molar-refractivity contribution >= 4 is 212 Å². The third kappa shape index (κ3) is 15.3. The summed E-state index contributed by atoms with van der Waals surface area (Å²) in [6, 6.07) is 143. The number of fused-ring (bicyclic) bond motifs is 18. The second-order valence-corrected chi connectivity index (χ2v) is 36.2. The van der Waals surface area contributed by atoms with Gasteiger partial charge in [-0.3, -0.25) is 9.47 Å². The molecule has 18 aromatic carbocycles. The molecular formula is C117H82BCl2IN9O2. The van der Waals surface area contributed by atoms with E-state index in [1.807, 2.05) is 91.0 Å². The number of rotatable bonds is 7. The van der Waals surface area contributed by atoms with Crippen LogP contribution in [0.4, 0.5) is 28.6 Å². The molecule has 0 aliphatic carbocycles. The van der Waals surface area contributed by atoms with Crippen LogP contribution in [0.3, 0.4) is 0 Å². The number of H-pyrrole nitrogens is 1. The predicted octanol–water partition coefficient (Wildman–Crippen LogP) is 31.7. The molecule has 0 atom stereocenters. The number of pyridine rings is 3. The Bertz CT molecular complexity index is 8710. The number of para-hydroxylation sites is 8. The Balaban J connectivity index is 0.000000118. The summed E-state index contributed by atoms with van der Waals surface area (Å²) in [6.07, 6.45) is 0. The van der Waals surface area contributed by atoms with Crippen LogP contribution in [0.5, 0.6) is 5.75 Å². The first-order valence-electron chi connectivity index (χ1n) is 44.0. The molecule has 1 radical (unpaired) electrons. The lowest BCUT2D eigenvalue weighted by Gasteiger charge is -2.41. The molecule has 24 aromatic rings. The smallest absolute Gasteiger partial charge is 0.537 e. The molecule has 3 N–H and O–H groups in total. The molecule has 0 spiro atoms. The number of nitrogens with zero attached hydrogens (tertiary/aromatic N) is 7. The Hall–Kier alpha value is -15.1. The van der Waals surface area contributed by atoms with Crippen LogP contribution in [-0.4, -0.2) is 47.2 Å². The molecule has 0 amide bonds. The largest absolute Gasteiger partial charge is 0.569 e. The van der Waals surface area contributed by atoms with Crippen LogP contribution >= 0.6 is 45.8 Å². The second-order valence-electron chi connectivity index (χ2n) is 34.4. The van der Waals surface area contributed by atoms with Gasteiger partial charge in [0.15, 0.2) is 0 Å². The quantitative estimate of drug-likeness (QED) is 0.0469. The van der Waals surface area contributed by atoms with Crippen LogP contribution in [0, 0.1) is 3.70 Å². The Morgan fingerprint density at radius 2 is 0.765 bits per heavy atom. The van der Waals surface area contributed by atoms with E-state index in [9.17, 15) is 0 Å². The number of nitrogens with one attached hydrogen (secondary N) is 2. The van der Waals surface area contributed by atoms with E-state index in [2.05, 4.69) is 400 Å². The van der Waals surface area contributed by atoms with Gasteiger partial charge in [0.05, 0.1) is 44.5 Å². The first kappa shape index (κ1) is 82.6. The van der Waals surface area contributed by atoms with Gasteiger partial charge in [0, 0.05) is 76.3 Å². The zero-order valence-electron chi connectivity index (χ0n) is 72.4. The van der Waals surface area contributed by atoms with E-state index in [-0.39, 0.29) is 10.8 Å². The zero-order chi connectivity index (χ0) is 89.3. The monoisotopic (exact) mass is 1850 g/mol. The van der Waals surface area contributed by atoms with E-state index in [0.29, 0.717) is 23.9 Å². The molecule has 0 unspecified atom stereocenters. The number of benzene rings is 18. The average Bonchev–Trinajstić information content (AvgIpc) is 1.37. The summed E-state index contributed by atoms with van der Waals surface area (Å²) in [5, 5.41) is 31.9. The van der Waals surface area contributed by atoms with Gasteiger partial charge >= 0.3 is 7.69 Å². The Labute approximate surface area is 786 Å². The van der Waals surface area contributed by atoms with Crippen molar-refractivity contribution in [3.05, 3.63) is 443 Å². The first-order chi connectivity index (χ1) is 64.6. The summed E-state index contributed by atoms with van der Waals surface area (Å²) in [4.78, 5) is 29.4. The maximum atomic E-state index is 8.44. The van der Waals surface area contributed by atoms with Crippen LogP contribution in [0.25, 0.3) is 170 Å². The van der Waals surface area contributed by atoms with Gasteiger partial charge in [-0.15, -0.1) is 0 Å². The number of aromatic amines is 1. The van der Waals surface area contributed by atoms with Gasteiger partial charge in [-0.25, -0.2) is 24.9 Å². The van der Waals surface area contributed by atoms with Gasteiger partial charge < -0.3 is 20.0 Å². The highest BCUT2D eigenvalue weighted by Gasteiger charge is 2.39. The highest BCUT2D eigenvalue weighted by atomic mass is 127. The Kier molecular flexibility index (Phi) is 21.5. The Morgan fingerprint density at radius 3 is 1.36 bits per heavy atom. The normalized spacial score (nSPS) is 12.7. The summed E-state index contributed by atoms with van der Waals surface area (Å²) in [7, 11) is 0.685. The molecule has 2 aliphatic rings. The third-order valence-electron chi connectivity index (χ3n) is 25.9. The van der Waals surface area contributed by atoms with Crippen molar-refractivity contribution in [3.8, 4) is 44.9 Å². The molecule has 11 nitrogen and oxygen atoms in total. The number of hydrogen-bond donors (Lipinski definition) is 3. The van der Waals surface area contributed by atoms with Gasteiger partial charge in [-0.2, -0.15) is 0 Å². The maximum absolute atomic E-state index is 8.44. The van der Waals surface area contributed by atoms with Crippen LogP contribution in [-0.2, 0) is 10.8 Å². The lowest BCUT2D eigenvalue weighted by Crippen LogP contribution is -2.31. The molecule has 15 heteroatoms. The van der Waals surface area contributed by atoms with Crippen LogP contribution in [0.1, 0.15) is 49.9 Å². The summed E-state index contributed by atoms with van der Waals surface area (Å²) in [5.41, 5.74) is 24.8. The molecule has 6 aromatic heterocycles. The van der Waals surface area contributed by atoms with Crippen LogP contribution in [0.15, 0.2) is 406 Å². The second kappa shape index (κ2) is 34.4. The molecule has 132 heavy (non-hydrogen) atoms. The average molecular weight is 1850 g/mol. The molecule has 631 valence electrons. The standard InChI is InChI=1S/C59H40N4.C21H18N2.C19H12ClN.C10H8BO2.C8H4ClIN2/c1-59(2)49-22-10-14-26-54(49)63(58-35-47(44-20-8-12-24-52(44)61-58)42-30-28-38-16-4-6-18-40(38)32-42)56-36-55-48(33-50(56)59)45-21-9-13-25-53(45)62(55)57-34-46(43-19-7-11-23-51(43)60-57)41-29-27-37-15-3-5-17-39(37)31-41;1-21(2)15-8-4-6-10-18(15)23-20-12-19-14(11-16(20)21)13-7-3-5-9-17(13)22-19;20-19-12-17(16-7-3-4-8-18(16)21-19)15-10-9-13-5-1-2-6-14(13)11-15;12-11-13-10-6-5-8-3-1-2-4-9(8)7-10;9-8-11-6-4-2-1-3-5(6)7(10)12-8/h3-36H,1-2H3;3-12,22-23H,1-2H3;1-12H;1-7,12H;1-4H. The molecule has 0 fully saturated rings. The predicted molar refractivity (Wildman–Crippen MR) is 561 cm³/mol. The van der Waals surface area contributed by atoms with E-state index in [1.165, 1.54) is 110 Å². The molecular weight excluding hydrogens is 1770 g/mol. The number of hydrogen-bond acceptors (Lipinski definition) is 9. The summed E-state index contributed by atoms with van der Waals surface area (Å²) >= 11 is 14.0. The first-order valence-corrected chi connectivity index (χ1v) is 45.8. The topological polar surface area (TPSA) is 130 Å². The minimum Gasteiger partial charge on any atom is -0.537 e. The van der Waals surface area contributed by atoms with Gasteiger partial charge in [-0.05, 0) is 254 Å². The lowest BCUT2D eigenvalue weighted by molar-refractivity contribution is 0.454. The highest BCUT2D eigenvalue weighted by Crippen LogP contribution is 2.55. The fourth-order valence-corrected chi connectivity index (χ4v) is 20.6. The summed E-state index contributed by atoms with van der Waals surface area (Å²) in [5.74, 6) is 2.40. The minimum absolute atomic E-state index is 0.0102.